The van der Waals surface area contributed by atoms with Crippen molar-refractivity contribution < 1.29 is 9.84 Å². The minimum Gasteiger partial charge on any atom is -0.390 e. The molecule has 1 unspecified atom stereocenters. The first-order valence-electron chi connectivity index (χ1n) is 8.80. The Bertz CT molecular complexity index is 223. The molecule has 0 aromatic rings. The highest BCUT2D eigenvalue weighted by atomic mass is 16.5. The van der Waals surface area contributed by atoms with E-state index in [0.717, 1.165) is 38.8 Å². The monoisotopic (exact) mass is 285 g/mol. The molecule has 1 rings (SSSR count). The van der Waals surface area contributed by atoms with Crippen molar-refractivity contribution in [2.75, 3.05) is 26.2 Å². The Hall–Kier alpha value is -0.120. The third-order valence-corrected chi connectivity index (χ3v) is 4.24. The van der Waals surface area contributed by atoms with E-state index in [1.807, 2.05) is 0 Å². The second-order valence-corrected chi connectivity index (χ2v) is 6.16. The van der Waals surface area contributed by atoms with E-state index in [0.29, 0.717) is 0 Å². The van der Waals surface area contributed by atoms with Crippen molar-refractivity contribution in [3.63, 3.8) is 0 Å². The van der Waals surface area contributed by atoms with Crippen molar-refractivity contribution in [2.24, 2.45) is 0 Å². The van der Waals surface area contributed by atoms with Gasteiger partial charge in [-0.3, -0.25) is 0 Å². The van der Waals surface area contributed by atoms with Crippen LogP contribution in [0.2, 0.25) is 0 Å². The van der Waals surface area contributed by atoms with E-state index in [1.54, 1.807) is 0 Å². The van der Waals surface area contributed by atoms with Crippen molar-refractivity contribution >= 4 is 0 Å². The Morgan fingerprint density at radius 1 is 1.00 bits per heavy atom. The third kappa shape index (κ3) is 7.61. The van der Waals surface area contributed by atoms with Crippen LogP contribution < -0.4 is 0 Å². The van der Waals surface area contributed by atoms with Gasteiger partial charge in [0.15, 0.2) is 0 Å². The first-order chi connectivity index (χ1) is 9.77. The highest BCUT2D eigenvalue weighted by Gasteiger charge is 2.23. The molecule has 1 saturated heterocycles. The van der Waals surface area contributed by atoms with Gasteiger partial charge in [-0.15, -0.1) is 0 Å². The van der Waals surface area contributed by atoms with Gasteiger partial charge in [-0.1, -0.05) is 33.1 Å². The van der Waals surface area contributed by atoms with E-state index >= 15 is 0 Å². The fourth-order valence-electron chi connectivity index (χ4n) is 3.03. The molecule has 3 nitrogen and oxygen atoms in total. The van der Waals surface area contributed by atoms with Crippen LogP contribution in [0.15, 0.2) is 0 Å². The number of hydrogen-bond acceptors (Lipinski definition) is 3. The van der Waals surface area contributed by atoms with Crippen LogP contribution in [-0.4, -0.2) is 48.5 Å². The molecule has 0 spiro atoms. The predicted molar refractivity (Wildman–Crippen MR) is 85.1 cm³/mol. The molecule has 1 N–H and O–H groups in total. The Kier molecular flexibility index (Phi) is 10.3. The molecular weight excluding hydrogens is 250 g/mol. The Morgan fingerprint density at radius 3 is 2.50 bits per heavy atom. The van der Waals surface area contributed by atoms with Crippen LogP contribution in [-0.2, 0) is 4.74 Å². The highest BCUT2D eigenvalue weighted by molar-refractivity contribution is 4.74. The van der Waals surface area contributed by atoms with Gasteiger partial charge in [0.1, 0.15) is 0 Å². The zero-order valence-corrected chi connectivity index (χ0v) is 13.6. The van der Waals surface area contributed by atoms with Gasteiger partial charge in [-0.2, -0.15) is 0 Å². The molecule has 20 heavy (non-hydrogen) atoms. The zero-order chi connectivity index (χ0) is 14.6. The second kappa shape index (κ2) is 11.5. The zero-order valence-electron chi connectivity index (χ0n) is 13.6. The average molecular weight is 285 g/mol. The normalized spacial score (nSPS) is 23.4. The maximum Gasteiger partial charge on any atom is 0.0834 e. The quantitative estimate of drug-likeness (QED) is 0.589. The van der Waals surface area contributed by atoms with Crippen LogP contribution in [0.25, 0.3) is 0 Å². The summed E-state index contributed by atoms with van der Waals surface area (Å²) in [5.74, 6) is 0. The molecule has 0 aromatic heterocycles. The number of hydrogen-bond donors (Lipinski definition) is 1. The fraction of sp³-hybridized carbons (Fsp3) is 1.00. The van der Waals surface area contributed by atoms with Gasteiger partial charge >= 0.3 is 0 Å². The first kappa shape index (κ1) is 17.9. The molecular formula is C17H35NO2. The Balaban J connectivity index is 2.13. The molecule has 0 bridgehead atoms. The average Bonchev–Trinajstić information content (AvgIpc) is 2.45. The molecule has 3 heteroatoms. The van der Waals surface area contributed by atoms with E-state index in [2.05, 4.69) is 18.7 Å². The number of unbranched alkanes of at least 4 members (excludes halogenated alkanes) is 3. The highest BCUT2D eigenvalue weighted by Crippen LogP contribution is 2.18. The summed E-state index contributed by atoms with van der Waals surface area (Å²) in [4.78, 5) is 2.59. The SMILES string of the molecule is CCCCCCN(CCC)CCC[C@@H]1OCCCC1O. The molecule has 1 aliphatic rings. The molecule has 0 aliphatic carbocycles. The summed E-state index contributed by atoms with van der Waals surface area (Å²) in [5, 5.41) is 9.90. The van der Waals surface area contributed by atoms with Gasteiger partial charge in [0, 0.05) is 6.61 Å². The smallest absolute Gasteiger partial charge is 0.0834 e. The van der Waals surface area contributed by atoms with Gasteiger partial charge in [-0.05, 0) is 58.2 Å². The molecule has 0 aromatic carbocycles. The maximum absolute atomic E-state index is 9.90. The van der Waals surface area contributed by atoms with Gasteiger partial charge in [0.25, 0.3) is 0 Å². The summed E-state index contributed by atoms with van der Waals surface area (Å²) >= 11 is 0. The summed E-state index contributed by atoms with van der Waals surface area (Å²) < 4.78 is 5.68. The van der Waals surface area contributed by atoms with Crippen LogP contribution >= 0.6 is 0 Å². The Labute approximate surface area is 125 Å². The van der Waals surface area contributed by atoms with Crippen molar-refractivity contribution in [1.82, 2.24) is 4.90 Å². The molecule has 0 saturated carbocycles. The van der Waals surface area contributed by atoms with E-state index in [-0.39, 0.29) is 12.2 Å². The van der Waals surface area contributed by atoms with E-state index in [1.165, 1.54) is 45.2 Å². The molecule has 0 amide bonds. The van der Waals surface area contributed by atoms with Crippen LogP contribution in [0, 0.1) is 0 Å². The van der Waals surface area contributed by atoms with Gasteiger partial charge < -0.3 is 14.7 Å². The van der Waals surface area contributed by atoms with Crippen LogP contribution in [0.4, 0.5) is 0 Å². The summed E-state index contributed by atoms with van der Waals surface area (Å²) in [6.07, 6.45) is 10.5. The largest absolute Gasteiger partial charge is 0.390 e. The lowest BCUT2D eigenvalue weighted by Crippen LogP contribution is -2.35. The molecule has 120 valence electrons. The minimum atomic E-state index is -0.229. The van der Waals surface area contributed by atoms with Crippen molar-refractivity contribution in [3.8, 4) is 0 Å². The molecule has 0 radical (unpaired) electrons. The number of ether oxygens (including phenoxy) is 1. The number of aliphatic hydroxyl groups excluding tert-OH is 1. The molecule has 1 aliphatic heterocycles. The number of nitrogens with zero attached hydrogens (tertiary/aromatic N) is 1. The second-order valence-electron chi connectivity index (χ2n) is 6.16. The van der Waals surface area contributed by atoms with Gasteiger partial charge in [0.05, 0.1) is 12.2 Å². The van der Waals surface area contributed by atoms with Crippen molar-refractivity contribution in [1.29, 1.82) is 0 Å². The summed E-state index contributed by atoms with van der Waals surface area (Å²) in [5.41, 5.74) is 0. The lowest BCUT2D eigenvalue weighted by molar-refractivity contribution is -0.0780. The van der Waals surface area contributed by atoms with Crippen LogP contribution in [0.1, 0.15) is 71.6 Å². The topological polar surface area (TPSA) is 32.7 Å². The van der Waals surface area contributed by atoms with Crippen LogP contribution in [0.5, 0.6) is 0 Å². The summed E-state index contributed by atoms with van der Waals surface area (Å²) in [6, 6.07) is 0. The predicted octanol–water partition coefficient (Wildman–Crippen LogP) is 3.60. The Morgan fingerprint density at radius 2 is 1.80 bits per heavy atom. The lowest BCUT2D eigenvalue weighted by atomic mass is 10.0. The van der Waals surface area contributed by atoms with E-state index < -0.39 is 0 Å². The molecule has 2 atom stereocenters. The lowest BCUT2D eigenvalue weighted by Gasteiger charge is -2.29. The van der Waals surface area contributed by atoms with E-state index in [4.69, 9.17) is 4.74 Å². The van der Waals surface area contributed by atoms with Gasteiger partial charge in [0.2, 0.25) is 0 Å². The van der Waals surface area contributed by atoms with Crippen molar-refractivity contribution in [3.05, 3.63) is 0 Å². The maximum atomic E-state index is 9.90. The summed E-state index contributed by atoms with van der Waals surface area (Å²) in [6.45, 7) is 8.96. The minimum absolute atomic E-state index is 0.0901. The number of rotatable bonds is 11. The standard InChI is InChI=1S/C17H35NO2/c1-3-5-6-7-13-18(12-4-2)14-8-11-17-16(19)10-9-15-20-17/h16-17,19H,3-15H2,1-2H3/t16?,17-/m0/s1. The molecule has 1 heterocycles. The van der Waals surface area contributed by atoms with Crippen LogP contribution in [0.3, 0.4) is 0 Å². The fourth-order valence-corrected chi connectivity index (χ4v) is 3.03. The third-order valence-electron chi connectivity index (χ3n) is 4.24. The summed E-state index contributed by atoms with van der Waals surface area (Å²) in [7, 11) is 0. The molecule has 1 fully saturated rings. The van der Waals surface area contributed by atoms with Crippen molar-refractivity contribution in [2.45, 2.75) is 83.8 Å². The number of aliphatic hydroxyl groups is 1. The first-order valence-corrected chi connectivity index (χ1v) is 8.80. The van der Waals surface area contributed by atoms with Gasteiger partial charge in [-0.25, -0.2) is 0 Å². The van der Waals surface area contributed by atoms with E-state index in [9.17, 15) is 5.11 Å².